The predicted molar refractivity (Wildman–Crippen MR) is 60.6 cm³/mol. The van der Waals surface area contributed by atoms with Crippen molar-refractivity contribution in [3.63, 3.8) is 0 Å². The number of rotatable bonds is 3. The van der Waals surface area contributed by atoms with Gasteiger partial charge in [0, 0.05) is 11.8 Å². The Kier molecular flexibility index (Phi) is 3.05. The Bertz CT molecular complexity index is 363. The Morgan fingerprint density at radius 3 is 3.00 bits per heavy atom. The van der Waals surface area contributed by atoms with Gasteiger partial charge in [-0.05, 0) is 23.6 Å². The van der Waals surface area contributed by atoms with Gasteiger partial charge in [-0.3, -0.25) is 0 Å². The Hall–Kier alpha value is -1.01. The minimum absolute atomic E-state index is 0.491. The largest absolute Gasteiger partial charge is 0.122 e. The zero-order chi connectivity index (χ0) is 9.80. The second-order valence-electron chi connectivity index (χ2n) is 3.37. The van der Waals surface area contributed by atoms with Crippen LogP contribution in [0.15, 0.2) is 42.5 Å². The van der Waals surface area contributed by atoms with Gasteiger partial charge in [-0.1, -0.05) is 42.5 Å². The van der Waals surface area contributed by atoms with Crippen molar-refractivity contribution < 1.29 is 0 Å². The summed E-state index contributed by atoms with van der Waals surface area (Å²) in [4.78, 5) is 0. The number of benzene rings is 1. The van der Waals surface area contributed by atoms with E-state index in [-0.39, 0.29) is 0 Å². The second kappa shape index (κ2) is 4.47. The van der Waals surface area contributed by atoms with Crippen LogP contribution in [-0.4, -0.2) is 5.88 Å². The van der Waals surface area contributed by atoms with Gasteiger partial charge in [0.05, 0.1) is 0 Å². The van der Waals surface area contributed by atoms with Crippen LogP contribution >= 0.6 is 11.6 Å². The Balaban J connectivity index is 2.11. The van der Waals surface area contributed by atoms with E-state index in [9.17, 15) is 0 Å². The summed E-state index contributed by atoms with van der Waals surface area (Å²) in [7, 11) is 0. The molecule has 1 heteroatoms. The van der Waals surface area contributed by atoms with Gasteiger partial charge in [-0.15, -0.1) is 11.6 Å². The maximum Gasteiger partial charge on any atom is 0.0404 e. The van der Waals surface area contributed by atoms with E-state index in [1.165, 1.54) is 11.1 Å². The summed E-state index contributed by atoms with van der Waals surface area (Å²) in [5, 5.41) is 0. The van der Waals surface area contributed by atoms with Crippen molar-refractivity contribution in [2.75, 3.05) is 5.88 Å². The molecule has 1 radical (unpaired) electrons. The van der Waals surface area contributed by atoms with Gasteiger partial charge in [0.25, 0.3) is 0 Å². The maximum absolute atomic E-state index is 5.57. The molecule has 0 fully saturated rings. The summed E-state index contributed by atoms with van der Waals surface area (Å²) in [5.41, 5.74) is 2.61. The molecule has 0 nitrogen and oxygen atoms in total. The lowest BCUT2D eigenvalue weighted by atomic mass is 9.98. The molecule has 2 rings (SSSR count). The van der Waals surface area contributed by atoms with E-state index in [0.717, 1.165) is 6.42 Å². The van der Waals surface area contributed by atoms with Gasteiger partial charge in [-0.2, -0.15) is 0 Å². The van der Waals surface area contributed by atoms with Gasteiger partial charge < -0.3 is 0 Å². The van der Waals surface area contributed by atoms with Crippen molar-refractivity contribution in [2.45, 2.75) is 12.3 Å². The van der Waals surface area contributed by atoms with Crippen molar-refractivity contribution >= 4 is 11.6 Å². The third kappa shape index (κ3) is 1.91. The topological polar surface area (TPSA) is 0 Å². The molecule has 0 bridgehead atoms. The highest BCUT2D eigenvalue weighted by atomic mass is 35.5. The van der Waals surface area contributed by atoms with Crippen LogP contribution in [0.4, 0.5) is 0 Å². The molecular weight excluding hydrogens is 192 g/mol. The molecule has 0 saturated heterocycles. The normalized spacial score (nSPS) is 19.1. The van der Waals surface area contributed by atoms with E-state index < -0.39 is 0 Å². The highest BCUT2D eigenvalue weighted by Gasteiger charge is 2.14. The first-order valence-electron chi connectivity index (χ1n) is 4.81. The van der Waals surface area contributed by atoms with E-state index in [4.69, 9.17) is 11.6 Å². The number of fused-ring (bicyclic) bond motifs is 1. The molecule has 1 aromatic carbocycles. The molecule has 0 aromatic heterocycles. The highest BCUT2D eigenvalue weighted by Crippen LogP contribution is 2.30. The Morgan fingerprint density at radius 2 is 2.14 bits per heavy atom. The van der Waals surface area contributed by atoms with Gasteiger partial charge in [-0.25, -0.2) is 0 Å². The summed E-state index contributed by atoms with van der Waals surface area (Å²) in [6, 6.07) is 8.41. The standard InChI is InChI=1S/C13H12Cl/c14-10-4-3-6-12-9-8-11-5-1-2-7-13(11)12/h1-5,7,9,12H,6,10H2. The summed E-state index contributed by atoms with van der Waals surface area (Å²) in [6.45, 7) is 0. The number of hydrogen-bond acceptors (Lipinski definition) is 0. The fourth-order valence-corrected chi connectivity index (χ4v) is 1.86. The fraction of sp³-hybridized carbons (Fsp3) is 0.231. The predicted octanol–water partition coefficient (Wildman–Crippen LogP) is 3.68. The first-order valence-corrected chi connectivity index (χ1v) is 5.35. The summed E-state index contributed by atoms with van der Waals surface area (Å²) in [6.07, 6.45) is 10.6. The van der Waals surface area contributed by atoms with E-state index >= 15 is 0 Å². The average Bonchev–Trinajstić information content (AvgIpc) is 2.63. The third-order valence-electron chi connectivity index (χ3n) is 2.45. The summed E-state index contributed by atoms with van der Waals surface area (Å²) in [5.74, 6) is 1.09. The molecule has 0 heterocycles. The lowest BCUT2D eigenvalue weighted by molar-refractivity contribution is 0.878. The minimum Gasteiger partial charge on any atom is -0.122 e. The zero-order valence-electron chi connectivity index (χ0n) is 7.91. The van der Waals surface area contributed by atoms with Crippen LogP contribution in [0.5, 0.6) is 0 Å². The van der Waals surface area contributed by atoms with E-state index in [2.05, 4.69) is 42.5 Å². The van der Waals surface area contributed by atoms with Crippen molar-refractivity contribution in [3.05, 3.63) is 59.7 Å². The Labute approximate surface area is 89.9 Å². The van der Waals surface area contributed by atoms with Crippen LogP contribution in [-0.2, 0) is 0 Å². The molecule has 1 aliphatic rings. The molecular formula is C13H12Cl. The van der Waals surface area contributed by atoms with Gasteiger partial charge in [0.15, 0.2) is 0 Å². The first kappa shape index (κ1) is 9.54. The zero-order valence-corrected chi connectivity index (χ0v) is 8.67. The van der Waals surface area contributed by atoms with Crippen LogP contribution in [0, 0.1) is 6.08 Å². The molecule has 0 saturated carbocycles. The van der Waals surface area contributed by atoms with Crippen LogP contribution in [0.25, 0.3) is 0 Å². The van der Waals surface area contributed by atoms with Gasteiger partial charge in [0.2, 0.25) is 0 Å². The highest BCUT2D eigenvalue weighted by molar-refractivity contribution is 6.18. The Morgan fingerprint density at radius 1 is 1.29 bits per heavy atom. The molecule has 1 unspecified atom stereocenters. The molecule has 1 atom stereocenters. The second-order valence-corrected chi connectivity index (χ2v) is 3.67. The number of hydrogen-bond donors (Lipinski definition) is 0. The first-order chi connectivity index (χ1) is 6.92. The molecule has 1 aromatic rings. The van der Waals surface area contributed by atoms with Crippen molar-refractivity contribution in [1.82, 2.24) is 0 Å². The number of halogens is 1. The molecule has 0 aliphatic heterocycles. The molecule has 0 N–H and O–H groups in total. The van der Waals surface area contributed by atoms with E-state index in [1.54, 1.807) is 0 Å². The molecule has 1 aliphatic carbocycles. The molecule has 0 amide bonds. The number of allylic oxidation sites excluding steroid dienone is 3. The monoisotopic (exact) mass is 203 g/mol. The van der Waals surface area contributed by atoms with Crippen LogP contribution in [0.1, 0.15) is 23.5 Å². The van der Waals surface area contributed by atoms with E-state index in [0.29, 0.717) is 11.8 Å². The quantitative estimate of drug-likeness (QED) is 0.520. The summed E-state index contributed by atoms with van der Waals surface area (Å²) < 4.78 is 0. The molecule has 0 spiro atoms. The summed E-state index contributed by atoms with van der Waals surface area (Å²) >= 11 is 5.57. The lowest BCUT2D eigenvalue weighted by Crippen LogP contribution is -1.90. The maximum atomic E-state index is 5.57. The van der Waals surface area contributed by atoms with E-state index in [1.807, 2.05) is 6.08 Å². The van der Waals surface area contributed by atoms with Gasteiger partial charge >= 0.3 is 0 Å². The van der Waals surface area contributed by atoms with Crippen molar-refractivity contribution in [1.29, 1.82) is 0 Å². The number of alkyl halides is 1. The van der Waals surface area contributed by atoms with Gasteiger partial charge in [0.1, 0.15) is 0 Å². The third-order valence-corrected chi connectivity index (χ3v) is 2.62. The SMILES string of the molecule is ClCC=CCC1C=[C]c2ccccc21. The lowest BCUT2D eigenvalue weighted by Gasteiger charge is -2.07. The minimum atomic E-state index is 0.491. The fourth-order valence-electron chi connectivity index (χ4n) is 1.73. The molecule has 14 heavy (non-hydrogen) atoms. The van der Waals surface area contributed by atoms with Crippen molar-refractivity contribution in [2.24, 2.45) is 0 Å². The van der Waals surface area contributed by atoms with Crippen LogP contribution < -0.4 is 0 Å². The molecule has 71 valence electrons. The van der Waals surface area contributed by atoms with Crippen LogP contribution in [0.2, 0.25) is 0 Å². The van der Waals surface area contributed by atoms with Crippen LogP contribution in [0.3, 0.4) is 0 Å². The smallest absolute Gasteiger partial charge is 0.0404 e. The average molecular weight is 204 g/mol. The van der Waals surface area contributed by atoms with Crippen molar-refractivity contribution in [3.8, 4) is 0 Å².